The van der Waals surface area contributed by atoms with E-state index in [1.807, 2.05) is 30.3 Å². The van der Waals surface area contributed by atoms with Crippen LogP contribution in [-0.2, 0) is 16.1 Å². The van der Waals surface area contributed by atoms with Crippen LogP contribution in [0.3, 0.4) is 0 Å². The van der Waals surface area contributed by atoms with Crippen LogP contribution in [0.4, 0.5) is 0 Å². The fourth-order valence-electron chi connectivity index (χ4n) is 1.38. The topological polar surface area (TPSA) is 38.3 Å². The maximum absolute atomic E-state index is 11.5. The van der Waals surface area contributed by atoms with E-state index in [1.165, 1.54) is 0 Å². The van der Waals surface area contributed by atoms with E-state index in [2.05, 4.69) is 5.32 Å². The Kier molecular flexibility index (Phi) is 3.64. The molecule has 1 N–H and O–H groups in total. The van der Waals surface area contributed by atoms with E-state index in [0.29, 0.717) is 6.61 Å². The molecule has 1 aromatic rings. The minimum atomic E-state index is -0.149. The molecule has 1 aliphatic rings. The van der Waals surface area contributed by atoms with Crippen molar-refractivity contribution in [2.45, 2.75) is 12.6 Å². The van der Waals surface area contributed by atoms with Gasteiger partial charge in [-0.2, -0.15) is 0 Å². The Morgan fingerprint density at radius 1 is 1.47 bits per heavy atom. The number of benzene rings is 1. The number of ether oxygens (including phenoxy) is 1. The number of hydrogen-bond donors (Lipinski definition) is 1. The molecule has 0 saturated carbocycles. The molecule has 1 heterocycles. The summed E-state index contributed by atoms with van der Waals surface area (Å²) in [6.45, 7) is 0.364. The molecule has 0 bridgehead atoms. The lowest BCUT2D eigenvalue weighted by Gasteiger charge is -2.09. The van der Waals surface area contributed by atoms with Gasteiger partial charge in [0.15, 0.2) is 0 Å². The van der Waals surface area contributed by atoms with Gasteiger partial charge in [-0.1, -0.05) is 30.3 Å². The summed E-state index contributed by atoms with van der Waals surface area (Å²) in [5.41, 5.74) is 1.02. The van der Waals surface area contributed by atoms with Crippen LogP contribution >= 0.6 is 11.8 Å². The molecule has 0 aliphatic carbocycles. The molecule has 0 aromatic heterocycles. The Balaban J connectivity index is 1.80. The highest BCUT2D eigenvalue weighted by Crippen LogP contribution is 2.11. The average molecular weight is 223 g/mol. The molecule has 1 atom stereocenters. The quantitative estimate of drug-likeness (QED) is 0.786. The largest absolute Gasteiger partial charge is 0.460 e. The Morgan fingerprint density at radius 3 is 2.93 bits per heavy atom. The minimum absolute atomic E-state index is 0.126. The summed E-state index contributed by atoms with van der Waals surface area (Å²) in [5.74, 6) is 1.50. The molecule has 15 heavy (non-hydrogen) atoms. The smallest absolute Gasteiger partial charge is 0.324 e. The van der Waals surface area contributed by atoms with Crippen LogP contribution in [0.2, 0.25) is 0 Å². The molecular formula is C11H13NO2S. The molecule has 1 saturated heterocycles. The van der Waals surface area contributed by atoms with Crippen molar-refractivity contribution in [3.63, 3.8) is 0 Å². The van der Waals surface area contributed by atoms with Crippen molar-refractivity contribution < 1.29 is 9.53 Å². The van der Waals surface area contributed by atoms with Gasteiger partial charge in [0.05, 0.1) is 0 Å². The van der Waals surface area contributed by atoms with Crippen LogP contribution in [0.1, 0.15) is 5.56 Å². The zero-order valence-electron chi connectivity index (χ0n) is 8.31. The van der Waals surface area contributed by atoms with Crippen LogP contribution in [-0.4, -0.2) is 23.6 Å². The maximum Gasteiger partial charge on any atom is 0.324 e. The molecule has 80 valence electrons. The summed E-state index contributed by atoms with van der Waals surface area (Å²) in [5, 5.41) is 3.08. The number of carbonyl (C=O) groups is 1. The Hall–Kier alpha value is -1.00. The second-order valence-corrected chi connectivity index (χ2v) is 4.40. The second-order valence-electron chi connectivity index (χ2n) is 3.37. The van der Waals surface area contributed by atoms with Crippen LogP contribution < -0.4 is 5.32 Å². The normalized spacial score (nSPS) is 20.1. The molecule has 1 aliphatic heterocycles. The fraction of sp³-hybridized carbons (Fsp3) is 0.364. The third-order valence-corrected chi connectivity index (χ3v) is 3.16. The number of esters is 1. The Morgan fingerprint density at radius 2 is 2.27 bits per heavy atom. The molecule has 1 aromatic carbocycles. The van der Waals surface area contributed by atoms with Crippen molar-refractivity contribution in [1.29, 1.82) is 0 Å². The van der Waals surface area contributed by atoms with Crippen LogP contribution in [0, 0.1) is 0 Å². The van der Waals surface area contributed by atoms with Crippen molar-refractivity contribution >= 4 is 17.7 Å². The molecule has 0 spiro atoms. The first-order valence-corrected chi connectivity index (χ1v) is 6.03. The number of thioether (sulfide) groups is 1. The number of nitrogens with one attached hydrogen (secondary N) is 1. The molecule has 1 fully saturated rings. The monoisotopic (exact) mass is 223 g/mol. The van der Waals surface area contributed by atoms with E-state index < -0.39 is 0 Å². The number of carbonyl (C=O) groups excluding carboxylic acids is 1. The summed E-state index contributed by atoms with van der Waals surface area (Å²) in [6, 6.07) is 9.59. The predicted molar refractivity (Wildman–Crippen MR) is 60.5 cm³/mol. The van der Waals surface area contributed by atoms with Crippen molar-refractivity contribution in [3.05, 3.63) is 35.9 Å². The second kappa shape index (κ2) is 5.19. The summed E-state index contributed by atoms with van der Waals surface area (Å²) in [7, 11) is 0. The standard InChI is InChI=1S/C11H13NO2S/c13-11(10-7-15-8-12-10)14-6-9-4-2-1-3-5-9/h1-5,10,12H,6-8H2/t10-/m0/s1. The molecule has 2 rings (SSSR count). The summed E-state index contributed by atoms with van der Waals surface area (Å²) in [6.07, 6.45) is 0. The van der Waals surface area contributed by atoms with E-state index in [0.717, 1.165) is 17.2 Å². The fourth-order valence-corrected chi connectivity index (χ4v) is 2.30. The van der Waals surface area contributed by atoms with E-state index in [4.69, 9.17) is 4.74 Å². The number of rotatable bonds is 3. The molecule has 0 unspecified atom stereocenters. The average Bonchev–Trinajstić information content (AvgIpc) is 2.81. The summed E-state index contributed by atoms with van der Waals surface area (Å²) >= 11 is 1.72. The Bertz CT molecular complexity index is 323. The Labute approximate surface area is 93.2 Å². The van der Waals surface area contributed by atoms with Gasteiger partial charge in [0.25, 0.3) is 0 Å². The van der Waals surface area contributed by atoms with Crippen LogP contribution in [0.15, 0.2) is 30.3 Å². The molecule has 0 amide bonds. The van der Waals surface area contributed by atoms with Gasteiger partial charge in [-0.05, 0) is 5.56 Å². The van der Waals surface area contributed by atoms with Crippen molar-refractivity contribution in [1.82, 2.24) is 5.32 Å². The third-order valence-electron chi connectivity index (χ3n) is 2.22. The van der Waals surface area contributed by atoms with Gasteiger partial charge >= 0.3 is 5.97 Å². The van der Waals surface area contributed by atoms with Gasteiger partial charge in [-0.15, -0.1) is 11.8 Å². The van der Waals surface area contributed by atoms with E-state index >= 15 is 0 Å². The SMILES string of the molecule is O=C(OCc1ccccc1)[C@@H]1CSCN1. The lowest BCUT2D eigenvalue weighted by molar-refractivity contribution is -0.146. The zero-order chi connectivity index (χ0) is 10.5. The molecular weight excluding hydrogens is 210 g/mol. The lowest BCUT2D eigenvalue weighted by atomic mass is 10.2. The first kappa shape index (κ1) is 10.5. The highest BCUT2D eigenvalue weighted by molar-refractivity contribution is 7.99. The predicted octanol–water partition coefficient (Wildman–Crippen LogP) is 1.39. The van der Waals surface area contributed by atoms with Gasteiger partial charge in [0, 0.05) is 11.6 Å². The van der Waals surface area contributed by atoms with Crippen LogP contribution in [0.5, 0.6) is 0 Å². The zero-order valence-corrected chi connectivity index (χ0v) is 9.13. The van der Waals surface area contributed by atoms with E-state index in [-0.39, 0.29) is 12.0 Å². The third kappa shape index (κ3) is 2.97. The van der Waals surface area contributed by atoms with Crippen molar-refractivity contribution in [2.24, 2.45) is 0 Å². The maximum atomic E-state index is 11.5. The highest BCUT2D eigenvalue weighted by atomic mass is 32.2. The molecule has 4 heteroatoms. The van der Waals surface area contributed by atoms with Gasteiger partial charge in [-0.3, -0.25) is 10.1 Å². The van der Waals surface area contributed by atoms with Crippen molar-refractivity contribution in [3.8, 4) is 0 Å². The van der Waals surface area contributed by atoms with Gasteiger partial charge < -0.3 is 4.74 Å². The van der Waals surface area contributed by atoms with Crippen molar-refractivity contribution in [2.75, 3.05) is 11.6 Å². The minimum Gasteiger partial charge on any atom is -0.460 e. The molecule has 0 radical (unpaired) electrons. The first-order valence-electron chi connectivity index (χ1n) is 4.88. The lowest BCUT2D eigenvalue weighted by Crippen LogP contribution is -2.34. The van der Waals surface area contributed by atoms with Crippen LogP contribution in [0.25, 0.3) is 0 Å². The first-order chi connectivity index (χ1) is 7.36. The highest BCUT2D eigenvalue weighted by Gasteiger charge is 2.23. The van der Waals surface area contributed by atoms with Gasteiger partial charge in [0.1, 0.15) is 12.6 Å². The summed E-state index contributed by atoms with van der Waals surface area (Å²) < 4.78 is 5.20. The summed E-state index contributed by atoms with van der Waals surface area (Å²) in [4.78, 5) is 11.5. The van der Waals surface area contributed by atoms with E-state index in [9.17, 15) is 4.79 Å². The van der Waals surface area contributed by atoms with Gasteiger partial charge in [0.2, 0.25) is 0 Å². The molecule has 3 nitrogen and oxygen atoms in total. The van der Waals surface area contributed by atoms with Gasteiger partial charge in [-0.25, -0.2) is 0 Å². The number of hydrogen-bond acceptors (Lipinski definition) is 4. The van der Waals surface area contributed by atoms with E-state index in [1.54, 1.807) is 11.8 Å².